The number of carbonyl (C=O) groups is 1. The van der Waals surface area contributed by atoms with Gasteiger partial charge in [0, 0.05) is 17.0 Å². The highest BCUT2D eigenvalue weighted by Crippen LogP contribution is 2.23. The highest BCUT2D eigenvalue weighted by molar-refractivity contribution is 7.10. The van der Waals surface area contributed by atoms with Crippen LogP contribution in [-0.2, 0) is 0 Å². The van der Waals surface area contributed by atoms with Gasteiger partial charge in [-0.05, 0) is 42.4 Å². The molecule has 1 N–H and O–H groups in total. The van der Waals surface area contributed by atoms with Gasteiger partial charge in [-0.2, -0.15) is 0 Å². The summed E-state index contributed by atoms with van der Waals surface area (Å²) in [6, 6.07) is 18.2. The quantitative estimate of drug-likeness (QED) is 0.771. The monoisotopic (exact) mass is 324 g/mol. The Morgan fingerprint density at radius 2 is 1.87 bits per heavy atom. The van der Waals surface area contributed by atoms with E-state index in [1.165, 1.54) is 4.88 Å². The van der Waals surface area contributed by atoms with E-state index in [0.29, 0.717) is 6.54 Å². The molecular formula is C19H20N2OS. The van der Waals surface area contributed by atoms with Crippen LogP contribution in [0, 0.1) is 0 Å². The van der Waals surface area contributed by atoms with Crippen molar-refractivity contribution in [2.45, 2.75) is 6.04 Å². The van der Waals surface area contributed by atoms with Gasteiger partial charge in [-0.15, -0.1) is 11.3 Å². The highest BCUT2D eigenvalue weighted by Gasteiger charge is 2.17. The Kier molecular flexibility index (Phi) is 4.74. The van der Waals surface area contributed by atoms with Crippen LogP contribution in [0.25, 0.3) is 10.8 Å². The number of nitrogens with one attached hydrogen (secondary N) is 1. The number of likely N-dealkylation sites (N-methyl/N-ethyl adjacent to an activating group) is 1. The van der Waals surface area contributed by atoms with Gasteiger partial charge in [0.25, 0.3) is 5.91 Å². The van der Waals surface area contributed by atoms with Gasteiger partial charge in [0.15, 0.2) is 0 Å². The average Bonchev–Trinajstić information content (AvgIpc) is 3.08. The van der Waals surface area contributed by atoms with Gasteiger partial charge in [0.05, 0.1) is 6.04 Å². The van der Waals surface area contributed by atoms with Crippen LogP contribution in [0.15, 0.2) is 60.0 Å². The molecule has 118 valence electrons. The van der Waals surface area contributed by atoms with Crippen LogP contribution >= 0.6 is 11.3 Å². The number of fused-ring (bicyclic) bond motifs is 1. The molecule has 0 saturated carbocycles. The Bertz CT molecular complexity index is 791. The maximum absolute atomic E-state index is 12.6. The molecule has 0 unspecified atom stereocenters. The van der Waals surface area contributed by atoms with Crippen LogP contribution in [0.3, 0.4) is 0 Å². The molecule has 1 atom stereocenters. The first-order valence-corrected chi connectivity index (χ1v) is 8.50. The molecule has 0 aliphatic rings. The maximum Gasteiger partial charge on any atom is 0.251 e. The Hall–Kier alpha value is -2.17. The predicted molar refractivity (Wildman–Crippen MR) is 97.0 cm³/mol. The van der Waals surface area contributed by atoms with Gasteiger partial charge >= 0.3 is 0 Å². The van der Waals surface area contributed by atoms with Crippen LogP contribution in [0.1, 0.15) is 21.3 Å². The Morgan fingerprint density at radius 1 is 1.09 bits per heavy atom. The van der Waals surface area contributed by atoms with Crippen LogP contribution in [0.4, 0.5) is 0 Å². The second kappa shape index (κ2) is 6.94. The third kappa shape index (κ3) is 3.44. The second-order valence-electron chi connectivity index (χ2n) is 5.73. The molecule has 3 rings (SSSR count). The van der Waals surface area contributed by atoms with E-state index < -0.39 is 0 Å². The lowest BCUT2D eigenvalue weighted by atomic mass is 10.0. The van der Waals surface area contributed by atoms with Crippen molar-refractivity contribution in [1.82, 2.24) is 10.2 Å². The van der Waals surface area contributed by atoms with Crippen molar-refractivity contribution in [2.24, 2.45) is 0 Å². The van der Waals surface area contributed by atoms with E-state index >= 15 is 0 Å². The lowest BCUT2D eigenvalue weighted by Crippen LogP contribution is -2.34. The Labute approximate surface area is 140 Å². The molecule has 0 bridgehead atoms. The summed E-state index contributed by atoms with van der Waals surface area (Å²) < 4.78 is 0. The molecule has 4 heteroatoms. The van der Waals surface area contributed by atoms with Crippen molar-refractivity contribution in [1.29, 1.82) is 0 Å². The lowest BCUT2D eigenvalue weighted by Gasteiger charge is -2.23. The van der Waals surface area contributed by atoms with Crippen molar-refractivity contribution in [3.05, 3.63) is 70.4 Å². The van der Waals surface area contributed by atoms with Gasteiger partial charge in [0.2, 0.25) is 0 Å². The summed E-state index contributed by atoms with van der Waals surface area (Å²) in [6.45, 7) is 0.593. The summed E-state index contributed by atoms with van der Waals surface area (Å²) in [4.78, 5) is 16.0. The van der Waals surface area contributed by atoms with E-state index in [9.17, 15) is 4.79 Å². The van der Waals surface area contributed by atoms with Crippen molar-refractivity contribution < 1.29 is 4.79 Å². The third-order valence-corrected chi connectivity index (χ3v) is 4.96. The van der Waals surface area contributed by atoms with E-state index in [1.54, 1.807) is 11.3 Å². The summed E-state index contributed by atoms with van der Waals surface area (Å²) in [5.41, 5.74) is 0.729. The number of amides is 1. The maximum atomic E-state index is 12.6. The van der Waals surface area contributed by atoms with Crippen molar-refractivity contribution in [3.63, 3.8) is 0 Å². The molecule has 0 aliphatic heterocycles. The standard InChI is InChI=1S/C19H20N2OS/c1-21(2)17(18-11-6-12-23-18)13-20-19(22)16-10-5-8-14-7-3-4-9-15(14)16/h3-12,17H,13H2,1-2H3,(H,20,22)/t17-/m0/s1. The van der Waals surface area contributed by atoms with Gasteiger partial charge in [-0.25, -0.2) is 0 Å². The van der Waals surface area contributed by atoms with Crippen molar-refractivity contribution in [3.8, 4) is 0 Å². The van der Waals surface area contributed by atoms with E-state index in [2.05, 4.69) is 21.7 Å². The summed E-state index contributed by atoms with van der Waals surface area (Å²) >= 11 is 1.72. The minimum atomic E-state index is -0.0230. The number of hydrogen-bond donors (Lipinski definition) is 1. The van der Waals surface area contributed by atoms with E-state index in [1.807, 2.05) is 62.6 Å². The summed E-state index contributed by atoms with van der Waals surface area (Å²) in [5, 5.41) is 7.23. The molecule has 0 aliphatic carbocycles. The van der Waals surface area contributed by atoms with Crippen LogP contribution in [-0.4, -0.2) is 31.4 Å². The van der Waals surface area contributed by atoms with Gasteiger partial charge < -0.3 is 10.2 Å². The second-order valence-corrected chi connectivity index (χ2v) is 6.71. The number of nitrogens with zero attached hydrogens (tertiary/aromatic N) is 1. The summed E-state index contributed by atoms with van der Waals surface area (Å²) in [7, 11) is 4.07. The van der Waals surface area contributed by atoms with E-state index in [-0.39, 0.29) is 11.9 Å². The van der Waals surface area contributed by atoms with Crippen LogP contribution in [0.2, 0.25) is 0 Å². The van der Waals surface area contributed by atoms with E-state index in [4.69, 9.17) is 0 Å². The normalized spacial score (nSPS) is 12.5. The number of carbonyl (C=O) groups excluding carboxylic acids is 1. The molecular weight excluding hydrogens is 304 g/mol. The largest absolute Gasteiger partial charge is 0.350 e. The number of benzene rings is 2. The third-order valence-electron chi connectivity index (χ3n) is 3.99. The first-order chi connectivity index (χ1) is 11.2. The van der Waals surface area contributed by atoms with Gasteiger partial charge in [-0.3, -0.25) is 4.79 Å². The first-order valence-electron chi connectivity index (χ1n) is 7.62. The fourth-order valence-electron chi connectivity index (χ4n) is 2.73. The lowest BCUT2D eigenvalue weighted by molar-refractivity contribution is 0.0944. The predicted octanol–water partition coefficient (Wildman–Crippen LogP) is 3.93. The molecule has 0 fully saturated rings. The molecule has 3 nitrogen and oxygen atoms in total. The Morgan fingerprint density at radius 3 is 2.61 bits per heavy atom. The molecule has 0 saturated heterocycles. The SMILES string of the molecule is CN(C)[C@@H](CNC(=O)c1cccc2ccccc12)c1cccs1. The molecule has 0 spiro atoms. The van der Waals surface area contributed by atoms with E-state index in [0.717, 1.165) is 16.3 Å². The van der Waals surface area contributed by atoms with Gasteiger partial charge in [-0.1, -0.05) is 42.5 Å². The molecule has 1 aromatic heterocycles. The highest BCUT2D eigenvalue weighted by atomic mass is 32.1. The smallest absolute Gasteiger partial charge is 0.251 e. The minimum absolute atomic E-state index is 0.0230. The number of hydrogen-bond acceptors (Lipinski definition) is 3. The van der Waals surface area contributed by atoms with Gasteiger partial charge in [0.1, 0.15) is 0 Å². The zero-order valence-corrected chi connectivity index (χ0v) is 14.1. The van der Waals surface area contributed by atoms with Crippen LogP contribution < -0.4 is 5.32 Å². The zero-order chi connectivity index (χ0) is 16.2. The van der Waals surface area contributed by atoms with Crippen LogP contribution in [0.5, 0.6) is 0 Å². The molecule has 3 aromatic rings. The topological polar surface area (TPSA) is 32.3 Å². The molecule has 0 radical (unpaired) electrons. The average molecular weight is 324 g/mol. The molecule has 2 aromatic carbocycles. The fourth-order valence-corrected chi connectivity index (χ4v) is 3.65. The Balaban J connectivity index is 1.78. The molecule has 1 heterocycles. The van der Waals surface area contributed by atoms with Crippen molar-refractivity contribution in [2.75, 3.05) is 20.6 Å². The number of rotatable bonds is 5. The minimum Gasteiger partial charge on any atom is -0.350 e. The summed E-state index contributed by atoms with van der Waals surface area (Å²) in [6.07, 6.45) is 0. The summed E-state index contributed by atoms with van der Waals surface area (Å²) in [5.74, 6) is -0.0230. The molecule has 23 heavy (non-hydrogen) atoms. The fraction of sp³-hybridized carbons (Fsp3) is 0.211. The zero-order valence-electron chi connectivity index (χ0n) is 13.3. The number of thiophene rings is 1. The first kappa shape index (κ1) is 15.7. The van der Waals surface area contributed by atoms with Crippen molar-refractivity contribution >= 4 is 28.0 Å². The molecule has 1 amide bonds.